The van der Waals surface area contributed by atoms with Gasteiger partial charge in [0.05, 0.1) is 13.0 Å². The molecule has 144 valence electrons. The summed E-state index contributed by atoms with van der Waals surface area (Å²) in [7, 11) is 1.65. The maximum absolute atomic E-state index is 12.8. The van der Waals surface area contributed by atoms with Crippen LogP contribution >= 0.6 is 0 Å². The second kappa shape index (κ2) is 7.03. The Balaban J connectivity index is 1.90. The molecule has 0 saturated carbocycles. The van der Waals surface area contributed by atoms with Crippen molar-refractivity contribution in [2.24, 2.45) is 0 Å². The summed E-state index contributed by atoms with van der Waals surface area (Å²) >= 11 is 0. The summed E-state index contributed by atoms with van der Waals surface area (Å²) in [5.74, 6) is 1.03. The number of carbonyl (C=O) groups excluding carboxylic acids is 1. The minimum atomic E-state index is -0.275. The van der Waals surface area contributed by atoms with Crippen molar-refractivity contribution in [3.05, 3.63) is 65.2 Å². The second-order valence-electron chi connectivity index (χ2n) is 9.20. The molecule has 1 amide bonds. The van der Waals surface area contributed by atoms with Gasteiger partial charge < -0.3 is 10.1 Å². The van der Waals surface area contributed by atoms with Gasteiger partial charge in [0.15, 0.2) is 0 Å². The van der Waals surface area contributed by atoms with E-state index in [-0.39, 0.29) is 28.7 Å². The first kappa shape index (κ1) is 19.5. The lowest BCUT2D eigenvalue weighted by molar-refractivity contribution is -0.127. The fourth-order valence-corrected chi connectivity index (χ4v) is 4.02. The van der Waals surface area contributed by atoms with Gasteiger partial charge in [-0.2, -0.15) is 0 Å². The van der Waals surface area contributed by atoms with E-state index in [1.807, 2.05) is 24.3 Å². The van der Waals surface area contributed by atoms with E-state index in [1.54, 1.807) is 7.11 Å². The highest BCUT2D eigenvalue weighted by molar-refractivity contribution is 5.85. The molecule has 0 aliphatic carbocycles. The van der Waals surface area contributed by atoms with Crippen molar-refractivity contribution in [3.8, 4) is 5.75 Å². The molecule has 0 bridgehead atoms. The van der Waals surface area contributed by atoms with Crippen molar-refractivity contribution in [2.75, 3.05) is 7.11 Å². The normalized spacial score (nSPS) is 22.2. The van der Waals surface area contributed by atoms with E-state index < -0.39 is 0 Å². The lowest BCUT2D eigenvalue weighted by Gasteiger charge is -2.43. The Morgan fingerprint density at radius 2 is 1.52 bits per heavy atom. The third-order valence-corrected chi connectivity index (χ3v) is 5.80. The molecule has 1 saturated heterocycles. The van der Waals surface area contributed by atoms with Crippen LogP contribution in [0, 0.1) is 0 Å². The van der Waals surface area contributed by atoms with E-state index in [9.17, 15) is 4.79 Å². The number of carbonyl (C=O) groups is 1. The van der Waals surface area contributed by atoms with Gasteiger partial charge in [-0.15, -0.1) is 0 Å². The average Bonchev–Trinajstić information content (AvgIpc) is 2.61. The maximum Gasteiger partial charge on any atom is 0.227 e. The summed E-state index contributed by atoms with van der Waals surface area (Å²) in [5.41, 5.74) is 3.52. The third kappa shape index (κ3) is 4.02. The van der Waals surface area contributed by atoms with E-state index in [1.165, 1.54) is 11.1 Å². The molecule has 3 rings (SSSR count). The average molecular weight is 366 g/mol. The Morgan fingerprint density at radius 3 is 2.04 bits per heavy atom. The minimum Gasteiger partial charge on any atom is -0.497 e. The molecule has 0 spiro atoms. The van der Waals surface area contributed by atoms with Crippen molar-refractivity contribution < 1.29 is 9.53 Å². The highest BCUT2D eigenvalue weighted by Crippen LogP contribution is 2.42. The summed E-state index contributed by atoms with van der Waals surface area (Å²) in [5, 5.41) is 3.26. The first-order chi connectivity index (χ1) is 12.6. The minimum absolute atomic E-state index is 0.104. The van der Waals surface area contributed by atoms with Gasteiger partial charge >= 0.3 is 0 Å². The van der Waals surface area contributed by atoms with E-state index in [2.05, 4.69) is 64.2 Å². The lowest BCUT2D eigenvalue weighted by Crippen LogP contribution is -2.54. The molecule has 3 heteroatoms. The SMILES string of the molecule is COc1ccc(C2CC(c3ccc(C(C)(C)C)cc3)C(C)(C)NC2=O)cc1. The van der Waals surface area contributed by atoms with Crippen LogP contribution in [-0.4, -0.2) is 18.6 Å². The van der Waals surface area contributed by atoms with Crippen LogP contribution < -0.4 is 10.1 Å². The van der Waals surface area contributed by atoms with Gasteiger partial charge in [-0.25, -0.2) is 0 Å². The van der Waals surface area contributed by atoms with Crippen LogP contribution in [0.5, 0.6) is 5.75 Å². The zero-order chi connectivity index (χ0) is 19.8. The molecule has 1 aliphatic rings. The van der Waals surface area contributed by atoms with Gasteiger partial charge in [-0.1, -0.05) is 57.2 Å². The van der Waals surface area contributed by atoms with Crippen molar-refractivity contribution in [1.82, 2.24) is 5.32 Å². The van der Waals surface area contributed by atoms with Crippen LogP contribution in [-0.2, 0) is 10.2 Å². The van der Waals surface area contributed by atoms with Gasteiger partial charge in [0, 0.05) is 11.5 Å². The number of piperidine rings is 1. The fourth-order valence-electron chi connectivity index (χ4n) is 4.02. The predicted octanol–water partition coefficient (Wildman–Crippen LogP) is 5.16. The van der Waals surface area contributed by atoms with Crippen molar-refractivity contribution in [3.63, 3.8) is 0 Å². The molecule has 0 aromatic heterocycles. The quantitative estimate of drug-likeness (QED) is 0.816. The van der Waals surface area contributed by atoms with Crippen molar-refractivity contribution in [2.45, 2.75) is 63.8 Å². The topological polar surface area (TPSA) is 38.3 Å². The van der Waals surface area contributed by atoms with Crippen LogP contribution in [0.15, 0.2) is 48.5 Å². The molecule has 2 unspecified atom stereocenters. The Hall–Kier alpha value is -2.29. The molecule has 1 fully saturated rings. The summed E-state index contributed by atoms with van der Waals surface area (Å²) in [4.78, 5) is 12.8. The number of methoxy groups -OCH3 is 1. The number of rotatable bonds is 3. The van der Waals surface area contributed by atoms with Crippen LogP contribution in [0.1, 0.15) is 69.6 Å². The van der Waals surface area contributed by atoms with E-state index >= 15 is 0 Å². The molecule has 1 N–H and O–H groups in total. The fraction of sp³-hybridized carbons (Fsp3) is 0.458. The first-order valence-electron chi connectivity index (χ1n) is 9.68. The molecule has 2 atom stereocenters. The van der Waals surface area contributed by atoms with Crippen LogP contribution in [0.25, 0.3) is 0 Å². The second-order valence-corrected chi connectivity index (χ2v) is 9.20. The van der Waals surface area contributed by atoms with Crippen LogP contribution in [0.4, 0.5) is 0 Å². The monoisotopic (exact) mass is 365 g/mol. The van der Waals surface area contributed by atoms with Crippen molar-refractivity contribution >= 4 is 5.91 Å². The van der Waals surface area contributed by atoms with Gasteiger partial charge in [-0.3, -0.25) is 4.79 Å². The predicted molar refractivity (Wildman–Crippen MR) is 110 cm³/mol. The smallest absolute Gasteiger partial charge is 0.227 e. The number of ether oxygens (including phenoxy) is 1. The standard InChI is InChI=1S/C24H31NO2/c1-23(2,3)18-11-7-17(8-12-18)21-15-20(22(26)25-24(21,4)5)16-9-13-19(27-6)14-10-16/h7-14,20-21H,15H2,1-6H3,(H,25,26). The molecule has 2 aromatic carbocycles. The van der Waals surface area contributed by atoms with Crippen molar-refractivity contribution in [1.29, 1.82) is 0 Å². The zero-order valence-corrected chi connectivity index (χ0v) is 17.3. The molecule has 27 heavy (non-hydrogen) atoms. The number of hydrogen-bond donors (Lipinski definition) is 1. The van der Waals surface area contributed by atoms with Gasteiger partial charge in [0.25, 0.3) is 0 Å². The van der Waals surface area contributed by atoms with Crippen LogP contribution in [0.3, 0.4) is 0 Å². The number of nitrogens with one attached hydrogen (secondary N) is 1. The Bertz CT molecular complexity index is 798. The van der Waals surface area contributed by atoms with E-state index in [0.717, 1.165) is 17.7 Å². The molecule has 1 aliphatic heterocycles. The number of amides is 1. The van der Waals surface area contributed by atoms with Gasteiger partial charge in [-0.05, 0) is 54.5 Å². The van der Waals surface area contributed by atoms with Crippen LogP contribution in [0.2, 0.25) is 0 Å². The summed E-state index contributed by atoms with van der Waals surface area (Å²) in [6.45, 7) is 10.9. The highest BCUT2D eigenvalue weighted by Gasteiger charge is 2.42. The summed E-state index contributed by atoms with van der Waals surface area (Å²) in [6.07, 6.45) is 0.806. The first-order valence-corrected chi connectivity index (χ1v) is 9.68. The highest BCUT2D eigenvalue weighted by atomic mass is 16.5. The number of benzene rings is 2. The largest absolute Gasteiger partial charge is 0.497 e. The lowest BCUT2D eigenvalue weighted by atomic mass is 9.71. The molecule has 2 aromatic rings. The zero-order valence-electron chi connectivity index (χ0n) is 17.3. The Labute approximate surface area is 163 Å². The third-order valence-electron chi connectivity index (χ3n) is 5.80. The van der Waals surface area contributed by atoms with E-state index in [4.69, 9.17) is 4.74 Å². The van der Waals surface area contributed by atoms with Gasteiger partial charge in [0.2, 0.25) is 5.91 Å². The molecule has 3 nitrogen and oxygen atoms in total. The summed E-state index contributed by atoms with van der Waals surface area (Å²) < 4.78 is 5.24. The van der Waals surface area contributed by atoms with E-state index in [0.29, 0.717) is 0 Å². The maximum atomic E-state index is 12.8. The molecule has 0 radical (unpaired) electrons. The molecule has 1 heterocycles. The molecular formula is C24H31NO2. The number of hydrogen-bond acceptors (Lipinski definition) is 2. The Kier molecular flexibility index (Phi) is 5.07. The molecular weight excluding hydrogens is 334 g/mol. The summed E-state index contributed by atoms with van der Waals surface area (Å²) in [6, 6.07) is 16.8. The Morgan fingerprint density at radius 1 is 0.963 bits per heavy atom. The van der Waals surface area contributed by atoms with Gasteiger partial charge in [0.1, 0.15) is 5.75 Å².